The Morgan fingerprint density at radius 3 is 2.83 bits per heavy atom. The average Bonchev–Trinajstić information content (AvgIpc) is 2.57. The van der Waals surface area contributed by atoms with Gasteiger partial charge in [-0.3, -0.25) is 0 Å². The van der Waals surface area contributed by atoms with Gasteiger partial charge in [0, 0.05) is 7.05 Å². The lowest BCUT2D eigenvalue weighted by molar-refractivity contribution is 0.132. The van der Waals surface area contributed by atoms with Crippen LogP contribution in [0, 0.1) is 0 Å². The highest BCUT2D eigenvalue weighted by atomic mass is 32.2. The molecule has 1 aromatic heterocycles. The van der Waals surface area contributed by atoms with Gasteiger partial charge >= 0.3 is 10.2 Å². The van der Waals surface area contributed by atoms with Gasteiger partial charge in [0.2, 0.25) is 0 Å². The maximum absolute atomic E-state index is 11.7. The molecule has 2 heterocycles. The molecule has 124 valence electrons. The highest BCUT2D eigenvalue weighted by Crippen LogP contribution is 2.22. The van der Waals surface area contributed by atoms with Crippen molar-refractivity contribution in [2.45, 2.75) is 6.61 Å². The summed E-state index contributed by atoms with van der Waals surface area (Å²) in [6.45, 7) is 0.320. The average molecular weight is 346 g/mol. The van der Waals surface area contributed by atoms with Gasteiger partial charge in [0.05, 0.1) is 12.4 Å². The van der Waals surface area contributed by atoms with E-state index in [0.29, 0.717) is 12.3 Å². The number of fused-ring (bicyclic) bond motifs is 1. The van der Waals surface area contributed by atoms with Gasteiger partial charge in [-0.25, -0.2) is 14.3 Å². The summed E-state index contributed by atoms with van der Waals surface area (Å²) in [4.78, 5) is 13.4. The smallest absolute Gasteiger partial charge is 0.347 e. The van der Waals surface area contributed by atoms with Crippen LogP contribution in [0.1, 0.15) is 17.0 Å². The molecule has 0 saturated heterocycles. The first-order valence-corrected chi connectivity index (χ1v) is 8.28. The molecule has 1 aliphatic rings. The van der Waals surface area contributed by atoms with Gasteiger partial charge in [0.1, 0.15) is 12.3 Å². The topological polar surface area (TPSA) is 123 Å². The van der Waals surface area contributed by atoms with Crippen molar-refractivity contribution in [1.29, 1.82) is 0 Å². The number of anilines is 1. The van der Waals surface area contributed by atoms with Crippen molar-refractivity contribution in [3.8, 4) is 0 Å². The number of nitrogens with two attached hydrogens (primary N) is 1. The summed E-state index contributed by atoms with van der Waals surface area (Å²) in [6, 6.07) is 9.57. The fourth-order valence-corrected chi connectivity index (χ4v) is 2.79. The summed E-state index contributed by atoms with van der Waals surface area (Å²) in [7, 11) is -2.52. The van der Waals surface area contributed by atoms with E-state index in [2.05, 4.69) is 19.5 Å². The molecule has 1 aliphatic heterocycles. The Morgan fingerprint density at radius 1 is 1.33 bits per heavy atom. The third-order valence-electron chi connectivity index (χ3n) is 3.21. The van der Waals surface area contributed by atoms with E-state index in [1.54, 1.807) is 0 Å². The van der Waals surface area contributed by atoms with Crippen molar-refractivity contribution in [2.75, 3.05) is 11.4 Å². The fraction of sp³-hybridized carbons (Fsp3) is 0.143. The van der Waals surface area contributed by atoms with Crippen LogP contribution in [0.15, 0.2) is 46.1 Å². The lowest BCUT2D eigenvalue weighted by Gasteiger charge is -2.21. The van der Waals surface area contributed by atoms with Crippen molar-refractivity contribution in [3.05, 3.63) is 53.5 Å². The highest BCUT2D eigenvalue weighted by molar-refractivity contribution is 7.91. The number of rotatable bonds is 4. The standard InChI is InChI=1S/C14H14N6O3S/c1-20-14-12(13(15)19-24(20,21)22)18-11(7-16-14)8-17-23-9-10-5-3-2-4-6-10/h2-8H,9H2,1H3,(H2,15,19)/b17-8-. The molecule has 0 spiro atoms. The van der Waals surface area contributed by atoms with E-state index >= 15 is 0 Å². The van der Waals surface area contributed by atoms with Crippen LogP contribution in [-0.4, -0.2) is 37.5 Å². The van der Waals surface area contributed by atoms with Gasteiger partial charge in [-0.15, -0.1) is 4.40 Å². The number of hydrogen-bond donors (Lipinski definition) is 1. The van der Waals surface area contributed by atoms with Gasteiger partial charge < -0.3 is 10.6 Å². The Morgan fingerprint density at radius 2 is 2.08 bits per heavy atom. The molecule has 10 heteroatoms. The van der Waals surface area contributed by atoms with Gasteiger partial charge in [-0.05, 0) is 5.56 Å². The Kier molecular flexibility index (Phi) is 4.13. The normalized spacial score (nSPS) is 15.9. The summed E-state index contributed by atoms with van der Waals surface area (Å²) < 4.78 is 27.8. The van der Waals surface area contributed by atoms with E-state index in [4.69, 9.17) is 10.6 Å². The van der Waals surface area contributed by atoms with Crippen molar-refractivity contribution >= 4 is 28.1 Å². The van der Waals surface area contributed by atoms with E-state index in [-0.39, 0.29) is 17.3 Å². The molecule has 0 aliphatic carbocycles. The first-order valence-electron chi connectivity index (χ1n) is 6.88. The van der Waals surface area contributed by atoms with Crippen LogP contribution in [0.25, 0.3) is 0 Å². The Labute approximate surface area is 138 Å². The molecule has 1 aromatic carbocycles. The first kappa shape index (κ1) is 15.9. The lowest BCUT2D eigenvalue weighted by Crippen LogP contribution is -2.36. The van der Waals surface area contributed by atoms with E-state index in [1.165, 1.54) is 19.5 Å². The molecule has 0 fully saturated rings. The molecule has 2 N–H and O–H groups in total. The monoisotopic (exact) mass is 346 g/mol. The van der Waals surface area contributed by atoms with Crippen LogP contribution in [0.2, 0.25) is 0 Å². The second kappa shape index (κ2) is 6.24. The zero-order valence-corrected chi connectivity index (χ0v) is 13.5. The van der Waals surface area contributed by atoms with E-state index in [1.807, 2.05) is 30.3 Å². The zero-order chi connectivity index (χ0) is 17.2. The molecule has 24 heavy (non-hydrogen) atoms. The van der Waals surface area contributed by atoms with Crippen LogP contribution >= 0.6 is 0 Å². The summed E-state index contributed by atoms with van der Waals surface area (Å²) in [5.74, 6) is -0.0964. The first-order chi connectivity index (χ1) is 11.5. The lowest BCUT2D eigenvalue weighted by atomic mass is 10.2. The number of nitrogens with zero attached hydrogens (tertiary/aromatic N) is 5. The van der Waals surface area contributed by atoms with Crippen molar-refractivity contribution < 1.29 is 13.3 Å². The maximum atomic E-state index is 11.7. The minimum absolute atomic E-state index is 0.116. The predicted molar refractivity (Wildman–Crippen MR) is 88.9 cm³/mol. The van der Waals surface area contributed by atoms with Crippen molar-refractivity contribution in [1.82, 2.24) is 9.97 Å². The zero-order valence-electron chi connectivity index (χ0n) is 12.7. The number of aromatic nitrogens is 2. The molecule has 0 unspecified atom stereocenters. The summed E-state index contributed by atoms with van der Waals surface area (Å²) in [5.41, 5.74) is 7.18. The quantitative estimate of drug-likeness (QED) is 0.632. The maximum Gasteiger partial charge on any atom is 0.347 e. The molecule has 0 bridgehead atoms. The van der Waals surface area contributed by atoms with Crippen LogP contribution in [0.4, 0.5) is 5.82 Å². The Hall–Kier alpha value is -3.01. The summed E-state index contributed by atoms with van der Waals surface area (Å²) in [6.07, 6.45) is 2.74. The molecular weight excluding hydrogens is 332 g/mol. The third-order valence-corrected chi connectivity index (χ3v) is 4.50. The van der Waals surface area contributed by atoms with E-state index < -0.39 is 10.2 Å². The highest BCUT2D eigenvalue weighted by Gasteiger charge is 2.29. The van der Waals surface area contributed by atoms with Gasteiger partial charge in [-0.2, -0.15) is 8.42 Å². The molecule has 0 radical (unpaired) electrons. The minimum Gasteiger partial charge on any atom is -0.391 e. The third kappa shape index (κ3) is 3.18. The van der Waals surface area contributed by atoms with Gasteiger partial charge in [-0.1, -0.05) is 35.5 Å². The van der Waals surface area contributed by atoms with Crippen LogP contribution in [0.3, 0.4) is 0 Å². The van der Waals surface area contributed by atoms with Crippen LogP contribution in [0.5, 0.6) is 0 Å². The summed E-state index contributed by atoms with van der Waals surface area (Å²) in [5, 5.41) is 3.82. The SMILES string of the molecule is CN1c2ncc(/C=N\OCc3ccccc3)nc2C(N)=NS1(=O)=O. The van der Waals surface area contributed by atoms with Gasteiger partial charge in [0.25, 0.3) is 0 Å². The number of benzene rings is 1. The van der Waals surface area contributed by atoms with Crippen LogP contribution < -0.4 is 10.0 Å². The molecule has 3 rings (SSSR count). The van der Waals surface area contributed by atoms with Crippen molar-refractivity contribution in [3.63, 3.8) is 0 Å². The predicted octanol–water partition coefficient (Wildman–Crippen LogP) is 0.427. The number of hydrogen-bond acceptors (Lipinski definition) is 7. The Bertz CT molecular complexity index is 911. The fourth-order valence-electron chi connectivity index (χ4n) is 1.98. The second-order valence-electron chi connectivity index (χ2n) is 4.88. The molecule has 2 aromatic rings. The molecule has 0 amide bonds. The van der Waals surface area contributed by atoms with Crippen molar-refractivity contribution in [2.24, 2.45) is 15.3 Å². The molecule has 9 nitrogen and oxygen atoms in total. The van der Waals surface area contributed by atoms with Crippen LogP contribution in [-0.2, 0) is 21.7 Å². The second-order valence-corrected chi connectivity index (χ2v) is 6.51. The van der Waals surface area contributed by atoms with E-state index in [9.17, 15) is 8.42 Å². The molecule has 0 atom stereocenters. The Balaban J connectivity index is 1.75. The molecule has 0 saturated carbocycles. The van der Waals surface area contributed by atoms with E-state index in [0.717, 1.165) is 9.87 Å². The number of amidine groups is 1. The number of oxime groups is 1. The largest absolute Gasteiger partial charge is 0.391 e. The molecular formula is C14H14N6O3S. The minimum atomic E-state index is -3.85. The van der Waals surface area contributed by atoms with Gasteiger partial charge in [0.15, 0.2) is 17.3 Å². The summed E-state index contributed by atoms with van der Waals surface area (Å²) >= 11 is 0.